The smallest absolute Gasteiger partial charge is 0.239 e. The van der Waals surface area contributed by atoms with Crippen molar-refractivity contribution in [1.29, 1.82) is 0 Å². The fourth-order valence-corrected chi connectivity index (χ4v) is 3.18. The molecule has 2 amide bonds. The lowest BCUT2D eigenvalue weighted by atomic mass is 9.89. The number of carbonyl (C=O) groups is 2. The molecule has 5 nitrogen and oxygen atoms in total. The molecule has 3 atom stereocenters. The van der Waals surface area contributed by atoms with Crippen molar-refractivity contribution >= 4 is 24.2 Å². The van der Waals surface area contributed by atoms with Crippen molar-refractivity contribution in [2.75, 3.05) is 19.6 Å². The largest absolute Gasteiger partial charge is 0.354 e. The number of nitrogens with one attached hydrogen (secondary N) is 2. The summed E-state index contributed by atoms with van der Waals surface area (Å²) in [5.74, 6) is 1.97. The maximum atomic E-state index is 11.5. The van der Waals surface area contributed by atoms with Gasteiger partial charge in [-0.25, -0.2) is 0 Å². The van der Waals surface area contributed by atoms with Gasteiger partial charge in [0.25, 0.3) is 0 Å². The van der Waals surface area contributed by atoms with Crippen LogP contribution in [0.25, 0.3) is 0 Å². The Morgan fingerprint density at radius 1 is 1.11 bits per heavy atom. The van der Waals surface area contributed by atoms with Crippen molar-refractivity contribution in [2.24, 2.45) is 23.5 Å². The summed E-state index contributed by atoms with van der Waals surface area (Å²) in [4.78, 5) is 22.3. The third-order valence-electron chi connectivity index (χ3n) is 4.08. The molecule has 0 saturated heterocycles. The molecule has 2 aliphatic carbocycles. The van der Waals surface area contributed by atoms with Gasteiger partial charge in [0.1, 0.15) is 0 Å². The molecule has 6 heteroatoms. The first-order valence-corrected chi connectivity index (χ1v) is 6.42. The lowest BCUT2D eigenvalue weighted by Crippen LogP contribution is -2.41. The van der Waals surface area contributed by atoms with Gasteiger partial charge in [-0.05, 0) is 37.0 Å². The Labute approximate surface area is 114 Å². The van der Waals surface area contributed by atoms with E-state index in [4.69, 9.17) is 5.73 Å². The molecule has 2 fully saturated rings. The SMILES string of the molecule is Cl.NCC(=O)NCC(=O)NCC1CC2CCC1C2. The number of nitrogens with two attached hydrogens (primary N) is 1. The number of hydrogen-bond acceptors (Lipinski definition) is 3. The van der Waals surface area contributed by atoms with Gasteiger partial charge in [0, 0.05) is 6.54 Å². The lowest BCUT2D eigenvalue weighted by Gasteiger charge is -2.21. The van der Waals surface area contributed by atoms with E-state index in [-0.39, 0.29) is 37.3 Å². The molecule has 2 bridgehead atoms. The molecule has 0 spiro atoms. The summed E-state index contributed by atoms with van der Waals surface area (Å²) >= 11 is 0. The lowest BCUT2D eigenvalue weighted by molar-refractivity contribution is -0.125. The van der Waals surface area contributed by atoms with Crippen molar-refractivity contribution in [3.63, 3.8) is 0 Å². The Balaban J connectivity index is 0.00000162. The number of rotatable bonds is 5. The van der Waals surface area contributed by atoms with Crippen LogP contribution in [0.3, 0.4) is 0 Å². The third kappa shape index (κ3) is 3.85. The van der Waals surface area contributed by atoms with Gasteiger partial charge >= 0.3 is 0 Å². The summed E-state index contributed by atoms with van der Waals surface area (Å²) < 4.78 is 0. The van der Waals surface area contributed by atoms with Gasteiger partial charge in [0.05, 0.1) is 13.1 Å². The van der Waals surface area contributed by atoms with Crippen molar-refractivity contribution in [3.05, 3.63) is 0 Å². The number of carbonyl (C=O) groups excluding carboxylic acids is 2. The molecule has 3 unspecified atom stereocenters. The van der Waals surface area contributed by atoms with Gasteiger partial charge in [-0.15, -0.1) is 12.4 Å². The van der Waals surface area contributed by atoms with Crippen LogP contribution >= 0.6 is 12.4 Å². The zero-order valence-corrected chi connectivity index (χ0v) is 11.3. The summed E-state index contributed by atoms with van der Waals surface area (Å²) in [6.45, 7) is 0.731. The minimum Gasteiger partial charge on any atom is -0.354 e. The second-order valence-corrected chi connectivity index (χ2v) is 5.22. The Hall–Kier alpha value is -0.810. The van der Waals surface area contributed by atoms with E-state index >= 15 is 0 Å². The number of hydrogen-bond donors (Lipinski definition) is 3. The van der Waals surface area contributed by atoms with Crippen LogP contribution in [0.4, 0.5) is 0 Å². The molecule has 0 aromatic carbocycles. The standard InChI is InChI=1S/C12H21N3O2.ClH/c13-5-11(16)15-7-12(17)14-6-10-4-8-1-2-9(10)3-8;/h8-10H,1-7,13H2,(H,14,17)(H,15,16);1H. The van der Waals surface area contributed by atoms with Crippen LogP contribution in [0.15, 0.2) is 0 Å². The number of halogens is 1. The average molecular weight is 276 g/mol. The summed E-state index contributed by atoms with van der Waals surface area (Å²) in [5, 5.41) is 5.36. The summed E-state index contributed by atoms with van der Waals surface area (Å²) in [7, 11) is 0. The Bertz CT molecular complexity index is 312. The highest BCUT2D eigenvalue weighted by Gasteiger charge is 2.39. The van der Waals surface area contributed by atoms with Gasteiger partial charge in [0.2, 0.25) is 11.8 Å². The topological polar surface area (TPSA) is 84.2 Å². The minimum absolute atomic E-state index is 0. The van der Waals surface area contributed by atoms with Gasteiger partial charge in [-0.1, -0.05) is 6.42 Å². The van der Waals surface area contributed by atoms with Crippen LogP contribution in [0.2, 0.25) is 0 Å². The highest BCUT2D eigenvalue weighted by molar-refractivity contribution is 5.85. The number of fused-ring (bicyclic) bond motifs is 2. The normalized spacial score (nSPS) is 28.6. The van der Waals surface area contributed by atoms with Crippen LogP contribution in [0.5, 0.6) is 0 Å². The first-order chi connectivity index (χ1) is 8.19. The second kappa shape index (κ2) is 6.95. The van der Waals surface area contributed by atoms with Crippen molar-refractivity contribution < 1.29 is 9.59 Å². The molecule has 2 saturated carbocycles. The third-order valence-corrected chi connectivity index (χ3v) is 4.08. The van der Waals surface area contributed by atoms with Gasteiger partial charge in [0.15, 0.2) is 0 Å². The maximum absolute atomic E-state index is 11.5. The van der Waals surface area contributed by atoms with Gasteiger partial charge in [-0.2, -0.15) is 0 Å². The molecule has 0 heterocycles. The molecule has 0 aliphatic heterocycles. The Kier molecular flexibility index (Phi) is 5.88. The van der Waals surface area contributed by atoms with Crippen LogP contribution in [0.1, 0.15) is 25.7 Å². The van der Waals surface area contributed by atoms with Crippen LogP contribution in [0, 0.1) is 17.8 Å². The zero-order chi connectivity index (χ0) is 12.3. The first kappa shape index (κ1) is 15.2. The van der Waals surface area contributed by atoms with Crippen LogP contribution in [-0.4, -0.2) is 31.4 Å². The highest BCUT2D eigenvalue weighted by atomic mass is 35.5. The van der Waals surface area contributed by atoms with E-state index in [2.05, 4.69) is 10.6 Å². The molecule has 4 N–H and O–H groups in total. The monoisotopic (exact) mass is 275 g/mol. The molecule has 2 aliphatic rings. The van der Waals surface area contributed by atoms with Crippen LogP contribution < -0.4 is 16.4 Å². The quantitative estimate of drug-likeness (QED) is 0.662. The van der Waals surface area contributed by atoms with Crippen molar-refractivity contribution in [3.8, 4) is 0 Å². The fraction of sp³-hybridized carbons (Fsp3) is 0.833. The zero-order valence-electron chi connectivity index (χ0n) is 10.5. The van der Waals surface area contributed by atoms with E-state index in [1.165, 1.54) is 25.7 Å². The van der Waals surface area contributed by atoms with Gasteiger partial charge in [-0.3, -0.25) is 9.59 Å². The molecule has 104 valence electrons. The molecule has 0 aromatic heterocycles. The Morgan fingerprint density at radius 2 is 1.89 bits per heavy atom. The maximum Gasteiger partial charge on any atom is 0.239 e. The van der Waals surface area contributed by atoms with Gasteiger partial charge < -0.3 is 16.4 Å². The Morgan fingerprint density at radius 3 is 2.44 bits per heavy atom. The van der Waals surface area contributed by atoms with E-state index in [1.807, 2.05) is 0 Å². The highest BCUT2D eigenvalue weighted by Crippen LogP contribution is 2.47. The summed E-state index contributed by atoms with van der Waals surface area (Å²) in [6, 6.07) is 0. The second-order valence-electron chi connectivity index (χ2n) is 5.22. The molecule has 2 rings (SSSR count). The van der Waals surface area contributed by atoms with E-state index in [0.717, 1.165) is 18.4 Å². The molecular formula is C12H22ClN3O2. The predicted molar refractivity (Wildman–Crippen MR) is 71.3 cm³/mol. The van der Waals surface area contributed by atoms with E-state index in [1.54, 1.807) is 0 Å². The van der Waals surface area contributed by atoms with E-state index < -0.39 is 0 Å². The molecule has 0 radical (unpaired) electrons. The first-order valence-electron chi connectivity index (χ1n) is 6.42. The molecule has 0 aromatic rings. The summed E-state index contributed by atoms with van der Waals surface area (Å²) in [5.41, 5.74) is 5.13. The van der Waals surface area contributed by atoms with E-state index in [9.17, 15) is 9.59 Å². The molecular weight excluding hydrogens is 254 g/mol. The summed E-state index contributed by atoms with van der Waals surface area (Å²) in [6.07, 6.45) is 5.32. The molecule has 18 heavy (non-hydrogen) atoms. The fourth-order valence-electron chi connectivity index (χ4n) is 3.18. The predicted octanol–water partition coefficient (Wildman–Crippen LogP) is 0.0355. The van der Waals surface area contributed by atoms with E-state index in [0.29, 0.717) is 5.92 Å². The average Bonchev–Trinajstić information content (AvgIpc) is 2.95. The van der Waals surface area contributed by atoms with Crippen molar-refractivity contribution in [2.45, 2.75) is 25.7 Å². The van der Waals surface area contributed by atoms with Crippen molar-refractivity contribution in [1.82, 2.24) is 10.6 Å². The number of amides is 2. The van der Waals surface area contributed by atoms with Crippen LogP contribution in [-0.2, 0) is 9.59 Å². The minimum atomic E-state index is -0.292.